The van der Waals surface area contributed by atoms with Gasteiger partial charge in [0, 0.05) is 11.5 Å². The molecule has 1 aliphatic rings. The van der Waals surface area contributed by atoms with E-state index >= 15 is 0 Å². The van der Waals surface area contributed by atoms with Crippen molar-refractivity contribution in [1.82, 2.24) is 0 Å². The Labute approximate surface area is 125 Å². The van der Waals surface area contributed by atoms with Crippen molar-refractivity contribution in [3.8, 4) is 11.5 Å². The van der Waals surface area contributed by atoms with Crippen molar-refractivity contribution in [2.45, 2.75) is 37.8 Å². The highest BCUT2D eigenvalue weighted by Crippen LogP contribution is 2.51. The molecule has 0 saturated heterocycles. The highest BCUT2D eigenvalue weighted by Gasteiger charge is 2.47. The van der Waals surface area contributed by atoms with E-state index in [0.717, 1.165) is 18.4 Å². The van der Waals surface area contributed by atoms with Crippen molar-refractivity contribution in [2.24, 2.45) is 5.73 Å². The lowest BCUT2D eigenvalue weighted by Crippen LogP contribution is -2.31. The van der Waals surface area contributed by atoms with E-state index in [2.05, 4.69) is 0 Å². The lowest BCUT2D eigenvalue weighted by Gasteiger charge is -2.21. The zero-order valence-corrected chi connectivity index (χ0v) is 12.3. The first-order valence-electron chi connectivity index (χ1n) is 7.38. The van der Waals surface area contributed by atoms with Crippen molar-refractivity contribution < 1.29 is 9.84 Å². The van der Waals surface area contributed by atoms with Gasteiger partial charge in [0.1, 0.15) is 6.61 Å². The lowest BCUT2D eigenvalue weighted by molar-refractivity contribution is 0.288. The van der Waals surface area contributed by atoms with Crippen molar-refractivity contribution in [2.75, 3.05) is 0 Å². The fourth-order valence-corrected chi connectivity index (χ4v) is 2.82. The third kappa shape index (κ3) is 2.74. The monoisotopic (exact) mass is 283 g/mol. The van der Waals surface area contributed by atoms with Crippen LogP contribution in [0.1, 0.15) is 30.9 Å². The molecule has 2 aromatic carbocycles. The maximum atomic E-state index is 9.98. The quantitative estimate of drug-likeness (QED) is 0.884. The average molecular weight is 283 g/mol. The minimum Gasteiger partial charge on any atom is -0.504 e. The molecule has 110 valence electrons. The second-order valence-electron chi connectivity index (χ2n) is 5.90. The molecule has 2 aromatic rings. The first-order valence-corrected chi connectivity index (χ1v) is 7.38. The van der Waals surface area contributed by atoms with Gasteiger partial charge in [0.15, 0.2) is 11.5 Å². The van der Waals surface area contributed by atoms with Gasteiger partial charge in [-0.15, -0.1) is 0 Å². The molecule has 3 N–H and O–H groups in total. The molecule has 0 bridgehead atoms. The molecule has 1 aliphatic carbocycles. The Morgan fingerprint density at radius 3 is 2.52 bits per heavy atom. The fraction of sp³-hybridized carbons (Fsp3) is 0.333. The number of phenolic OH excluding ortho intramolecular Hbond substituents is 1. The second-order valence-corrected chi connectivity index (χ2v) is 5.90. The Bertz CT molecular complexity index is 618. The van der Waals surface area contributed by atoms with Crippen LogP contribution in [0.2, 0.25) is 0 Å². The summed E-state index contributed by atoms with van der Waals surface area (Å²) in [5, 5.41) is 9.98. The smallest absolute Gasteiger partial charge is 0.161 e. The van der Waals surface area contributed by atoms with Crippen LogP contribution in [0, 0.1) is 0 Å². The normalized spacial score (nSPS) is 17.2. The van der Waals surface area contributed by atoms with Gasteiger partial charge in [-0.05, 0) is 43.0 Å². The summed E-state index contributed by atoms with van der Waals surface area (Å²) in [6.07, 6.45) is 2.21. The van der Waals surface area contributed by atoms with Gasteiger partial charge in [-0.1, -0.05) is 36.4 Å². The lowest BCUT2D eigenvalue weighted by atomic mass is 9.89. The van der Waals surface area contributed by atoms with Crippen LogP contribution in [0.25, 0.3) is 0 Å². The molecule has 0 aliphatic heterocycles. The van der Waals surface area contributed by atoms with Gasteiger partial charge >= 0.3 is 0 Å². The molecule has 3 heteroatoms. The van der Waals surface area contributed by atoms with Crippen LogP contribution in [0.15, 0.2) is 48.5 Å². The number of nitrogens with two attached hydrogens (primary N) is 1. The van der Waals surface area contributed by atoms with Crippen LogP contribution in [0.4, 0.5) is 0 Å². The van der Waals surface area contributed by atoms with Crippen LogP contribution in [0.5, 0.6) is 11.5 Å². The van der Waals surface area contributed by atoms with E-state index in [9.17, 15) is 5.11 Å². The molecule has 3 nitrogen and oxygen atoms in total. The Hall–Kier alpha value is -2.00. The summed E-state index contributed by atoms with van der Waals surface area (Å²) < 4.78 is 5.78. The van der Waals surface area contributed by atoms with Crippen LogP contribution < -0.4 is 10.5 Å². The van der Waals surface area contributed by atoms with Crippen molar-refractivity contribution in [1.29, 1.82) is 0 Å². The Kier molecular flexibility index (Phi) is 3.60. The number of rotatable bonds is 5. The molecule has 0 spiro atoms. The van der Waals surface area contributed by atoms with E-state index in [0.29, 0.717) is 12.4 Å². The molecule has 1 unspecified atom stereocenters. The highest BCUT2D eigenvalue weighted by atomic mass is 16.5. The summed E-state index contributed by atoms with van der Waals surface area (Å²) in [4.78, 5) is 0. The maximum absolute atomic E-state index is 9.98. The van der Waals surface area contributed by atoms with Crippen molar-refractivity contribution in [3.63, 3.8) is 0 Å². The van der Waals surface area contributed by atoms with E-state index in [1.54, 1.807) is 6.07 Å². The minimum atomic E-state index is 0.0680. The van der Waals surface area contributed by atoms with Crippen LogP contribution in [-0.4, -0.2) is 11.1 Å². The van der Waals surface area contributed by atoms with Crippen LogP contribution in [-0.2, 0) is 12.0 Å². The topological polar surface area (TPSA) is 55.5 Å². The van der Waals surface area contributed by atoms with E-state index in [1.165, 1.54) is 5.56 Å². The zero-order chi connectivity index (χ0) is 14.9. The molecule has 0 aromatic heterocycles. The zero-order valence-electron chi connectivity index (χ0n) is 12.3. The van der Waals surface area contributed by atoms with Crippen LogP contribution in [0.3, 0.4) is 0 Å². The van der Waals surface area contributed by atoms with E-state index in [1.807, 2.05) is 49.4 Å². The molecular formula is C18H21NO2. The molecule has 1 saturated carbocycles. The predicted molar refractivity (Wildman–Crippen MR) is 83.4 cm³/mol. The molecule has 0 amide bonds. The van der Waals surface area contributed by atoms with Gasteiger partial charge in [0.05, 0.1) is 0 Å². The largest absolute Gasteiger partial charge is 0.504 e. The first-order chi connectivity index (χ1) is 10.1. The number of aromatic hydroxyl groups is 1. The summed E-state index contributed by atoms with van der Waals surface area (Å²) in [6, 6.07) is 15.7. The predicted octanol–water partition coefficient (Wildman–Crippen LogP) is 3.35. The van der Waals surface area contributed by atoms with E-state index in [-0.39, 0.29) is 17.2 Å². The summed E-state index contributed by atoms with van der Waals surface area (Å²) in [5.41, 5.74) is 8.43. The minimum absolute atomic E-state index is 0.0680. The molecule has 21 heavy (non-hydrogen) atoms. The molecule has 3 rings (SSSR count). The van der Waals surface area contributed by atoms with Gasteiger partial charge in [0.2, 0.25) is 0 Å². The Morgan fingerprint density at radius 2 is 1.90 bits per heavy atom. The number of hydrogen-bond donors (Lipinski definition) is 2. The van der Waals surface area contributed by atoms with Crippen LogP contribution >= 0.6 is 0 Å². The molecule has 1 atom stereocenters. The molecule has 0 heterocycles. The number of phenols is 1. The molecule has 1 fully saturated rings. The Morgan fingerprint density at radius 1 is 1.19 bits per heavy atom. The van der Waals surface area contributed by atoms with E-state index < -0.39 is 0 Å². The van der Waals surface area contributed by atoms with Crippen molar-refractivity contribution in [3.05, 3.63) is 59.7 Å². The first kappa shape index (κ1) is 14.0. The number of benzene rings is 2. The highest BCUT2D eigenvalue weighted by molar-refractivity contribution is 5.46. The van der Waals surface area contributed by atoms with Gasteiger partial charge < -0.3 is 15.6 Å². The van der Waals surface area contributed by atoms with Gasteiger partial charge in [-0.25, -0.2) is 0 Å². The summed E-state index contributed by atoms with van der Waals surface area (Å²) >= 11 is 0. The summed E-state index contributed by atoms with van der Waals surface area (Å²) in [6.45, 7) is 2.49. The number of ether oxygens (including phenoxy) is 1. The SMILES string of the molecule is CC(N)C1(c2ccc(O)c(OCc3ccccc3)c2)CC1. The maximum Gasteiger partial charge on any atom is 0.161 e. The summed E-state index contributed by atoms with van der Waals surface area (Å²) in [7, 11) is 0. The molecule has 0 radical (unpaired) electrons. The third-order valence-corrected chi connectivity index (χ3v) is 4.43. The number of hydrogen-bond acceptors (Lipinski definition) is 3. The van der Waals surface area contributed by atoms with Gasteiger partial charge in [0.25, 0.3) is 0 Å². The fourth-order valence-electron chi connectivity index (χ4n) is 2.82. The molecular weight excluding hydrogens is 262 g/mol. The second kappa shape index (κ2) is 5.41. The third-order valence-electron chi connectivity index (χ3n) is 4.43. The summed E-state index contributed by atoms with van der Waals surface area (Å²) in [5.74, 6) is 0.707. The van der Waals surface area contributed by atoms with Gasteiger partial charge in [-0.3, -0.25) is 0 Å². The van der Waals surface area contributed by atoms with Crippen molar-refractivity contribution >= 4 is 0 Å². The standard InChI is InChI=1S/C18H21NO2/c1-13(19)18(9-10-18)15-7-8-16(20)17(11-15)21-12-14-5-3-2-4-6-14/h2-8,11,13,20H,9-10,12,19H2,1H3. The Balaban J connectivity index is 1.79. The van der Waals surface area contributed by atoms with E-state index in [4.69, 9.17) is 10.5 Å². The average Bonchev–Trinajstić information content (AvgIpc) is 3.29. The van der Waals surface area contributed by atoms with Gasteiger partial charge in [-0.2, -0.15) is 0 Å².